The predicted molar refractivity (Wildman–Crippen MR) is 90.0 cm³/mol. The second kappa shape index (κ2) is 6.70. The van der Waals surface area contributed by atoms with Gasteiger partial charge in [-0.3, -0.25) is 13.9 Å². The van der Waals surface area contributed by atoms with E-state index in [2.05, 4.69) is 5.32 Å². The lowest BCUT2D eigenvalue weighted by Crippen LogP contribution is -2.28. The van der Waals surface area contributed by atoms with Gasteiger partial charge in [0.2, 0.25) is 5.91 Å². The van der Waals surface area contributed by atoms with E-state index in [4.69, 9.17) is 0 Å². The fourth-order valence-corrected chi connectivity index (χ4v) is 2.72. The molecule has 1 N–H and O–H groups in total. The van der Waals surface area contributed by atoms with Gasteiger partial charge in [0, 0.05) is 32.1 Å². The summed E-state index contributed by atoms with van der Waals surface area (Å²) in [7, 11) is 1.71. The van der Waals surface area contributed by atoms with Crippen molar-refractivity contribution >= 4 is 16.9 Å². The van der Waals surface area contributed by atoms with E-state index in [0.717, 1.165) is 11.0 Å². The highest BCUT2D eigenvalue weighted by atomic mass is 19.1. The summed E-state index contributed by atoms with van der Waals surface area (Å²) in [4.78, 5) is 24.3. The molecule has 6 heteroatoms. The monoisotopic (exact) mass is 327 g/mol. The Morgan fingerprint density at radius 3 is 2.50 bits per heavy atom. The molecule has 1 aromatic heterocycles. The number of para-hydroxylation sites is 2. The molecule has 0 radical (unpaired) electrons. The topological polar surface area (TPSA) is 56.0 Å². The zero-order valence-electron chi connectivity index (χ0n) is 13.3. The van der Waals surface area contributed by atoms with E-state index in [9.17, 15) is 14.0 Å². The lowest BCUT2D eigenvalue weighted by molar-refractivity contribution is -0.121. The summed E-state index contributed by atoms with van der Waals surface area (Å²) in [6.45, 7) is 0.416. The molecular formula is C18H18FN3O2. The zero-order valence-corrected chi connectivity index (χ0v) is 13.3. The van der Waals surface area contributed by atoms with Crippen LogP contribution in [-0.2, 0) is 24.9 Å². The van der Waals surface area contributed by atoms with Crippen molar-refractivity contribution in [1.82, 2.24) is 14.5 Å². The third-order valence-electron chi connectivity index (χ3n) is 4.05. The van der Waals surface area contributed by atoms with Gasteiger partial charge in [0.05, 0.1) is 11.0 Å². The first-order valence-corrected chi connectivity index (χ1v) is 7.72. The fourth-order valence-electron chi connectivity index (χ4n) is 2.72. The number of hydrogen-bond acceptors (Lipinski definition) is 2. The predicted octanol–water partition coefficient (Wildman–Crippen LogP) is 2.19. The van der Waals surface area contributed by atoms with E-state index in [1.165, 1.54) is 6.07 Å². The van der Waals surface area contributed by atoms with Crippen molar-refractivity contribution in [3.05, 3.63) is 70.4 Å². The first kappa shape index (κ1) is 16.0. The lowest BCUT2D eigenvalue weighted by atomic mass is 10.2. The normalized spacial score (nSPS) is 10.9. The summed E-state index contributed by atoms with van der Waals surface area (Å²) in [5.41, 5.74) is 1.91. The minimum absolute atomic E-state index is 0.135. The summed E-state index contributed by atoms with van der Waals surface area (Å²) >= 11 is 0. The van der Waals surface area contributed by atoms with E-state index in [1.54, 1.807) is 34.4 Å². The molecule has 5 nitrogen and oxygen atoms in total. The van der Waals surface area contributed by atoms with Crippen molar-refractivity contribution < 1.29 is 9.18 Å². The molecule has 3 aromatic rings. The quantitative estimate of drug-likeness (QED) is 0.781. The summed E-state index contributed by atoms with van der Waals surface area (Å²) in [5, 5.41) is 2.68. The molecule has 0 aliphatic carbocycles. The lowest BCUT2D eigenvalue weighted by Gasteiger charge is -2.07. The van der Waals surface area contributed by atoms with Crippen LogP contribution in [0.1, 0.15) is 12.0 Å². The summed E-state index contributed by atoms with van der Waals surface area (Å²) in [5.74, 6) is -0.568. The van der Waals surface area contributed by atoms with Gasteiger partial charge in [0.15, 0.2) is 0 Å². The number of aryl methyl sites for hydroxylation is 2. The van der Waals surface area contributed by atoms with Gasteiger partial charge >= 0.3 is 5.69 Å². The molecule has 0 bridgehead atoms. The maximum absolute atomic E-state index is 13.5. The number of nitrogens with zero attached hydrogens (tertiary/aromatic N) is 2. The fraction of sp³-hybridized carbons (Fsp3) is 0.222. The molecule has 0 aliphatic rings. The van der Waals surface area contributed by atoms with Gasteiger partial charge in [0.25, 0.3) is 0 Å². The number of halogens is 1. The SMILES string of the molecule is Cn1c(=O)n(CCC(=O)NCc2ccccc2F)c2ccccc21. The van der Waals surface area contributed by atoms with Crippen molar-refractivity contribution in [2.24, 2.45) is 7.05 Å². The van der Waals surface area contributed by atoms with Crippen LogP contribution >= 0.6 is 0 Å². The molecule has 124 valence electrons. The summed E-state index contributed by atoms with van der Waals surface area (Å²) in [6.07, 6.45) is 0.155. The highest BCUT2D eigenvalue weighted by Crippen LogP contribution is 2.12. The van der Waals surface area contributed by atoms with Crippen LogP contribution in [-0.4, -0.2) is 15.0 Å². The average Bonchev–Trinajstić information content (AvgIpc) is 2.84. The van der Waals surface area contributed by atoms with E-state index in [-0.39, 0.29) is 36.9 Å². The first-order chi connectivity index (χ1) is 11.6. The maximum atomic E-state index is 13.5. The molecule has 3 rings (SSSR count). The van der Waals surface area contributed by atoms with Crippen molar-refractivity contribution in [2.75, 3.05) is 0 Å². The molecule has 24 heavy (non-hydrogen) atoms. The third-order valence-corrected chi connectivity index (χ3v) is 4.05. The highest BCUT2D eigenvalue weighted by molar-refractivity contribution is 5.77. The Labute approximate surface area is 138 Å². The standard InChI is InChI=1S/C18H18FN3O2/c1-21-15-8-4-5-9-16(15)22(18(21)24)11-10-17(23)20-12-13-6-2-3-7-14(13)19/h2-9H,10-12H2,1H3,(H,20,23). The van der Waals surface area contributed by atoms with Gasteiger partial charge in [0.1, 0.15) is 5.82 Å². The number of hydrogen-bond donors (Lipinski definition) is 1. The number of carbonyl (C=O) groups excluding carboxylic acids is 1. The first-order valence-electron chi connectivity index (χ1n) is 7.72. The number of carbonyl (C=O) groups is 1. The Kier molecular flexibility index (Phi) is 4.46. The Morgan fingerprint density at radius 2 is 1.75 bits per heavy atom. The minimum Gasteiger partial charge on any atom is -0.352 e. The Hall–Kier alpha value is -2.89. The van der Waals surface area contributed by atoms with Crippen LogP contribution in [0.15, 0.2) is 53.3 Å². The molecule has 0 saturated heterocycles. The number of rotatable bonds is 5. The molecule has 0 aliphatic heterocycles. The van der Waals surface area contributed by atoms with Crippen LogP contribution in [0.25, 0.3) is 11.0 Å². The van der Waals surface area contributed by atoms with Crippen LogP contribution in [0.2, 0.25) is 0 Å². The van der Waals surface area contributed by atoms with Gasteiger partial charge in [-0.15, -0.1) is 0 Å². The molecule has 0 atom stereocenters. The van der Waals surface area contributed by atoms with Gasteiger partial charge < -0.3 is 5.32 Å². The molecule has 0 saturated carbocycles. The van der Waals surface area contributed by atoms with E-state index in [0.29, 0.717) is 5.56 Å². The highest BCUT2D eigenvalue weighted by Gasteiger charge is 2.11. The van der Waals surface area contributed by atoms with Crippen molar-refractivity contribution in [1.29, 1.82) is 0 Å². The van der Waals surface area contributed by atoms with E-state index < -0.39 is 0 Å². The molecular weight excluding hydrogens is 309 g/mol. The van der Waals surface area contributed by atoms with Gasteiger partial charge in [-0.1, -0.05) is 30.3 Å². The number of aromatic nitrogens is 2. The Bertz CT molecular complexity index is 943. The molecule has 0 unspecified atom stereocenters. The number of imidazole rings is 1. The van der Waals surface area contributed by atoms with E-state index in [1.807, 2.05) is 24.3 Å². The Balaban J connectivity index is 1.66. The molecule has 2 aromatic carbocycles. The van der Waals surface area contributed by atoms with Gasteiger partial charge in [-0.05, 0) is 18.2 Å². The average molecular weight is 327 g/mol. The van der Waals surface area contributed by atoms with Crippen molar-refractivity contribution in [2.45, 2.75) is 19.5 Å². The number of nitrogens with one attached hydrogen (secondary N) is 1. The maximum Gasteiger partial charge on any atom is 0.328 e. The van der Waals surface area contributed by atoms with Crippen molar-refractivity contribution in [3.63, 3.8) is 0 Å². The molecule has 0 fully saturated rings. The number of fused-ring (bicyclic) bond motifs is 1. The second-order valence-electron chi connectivity index (χ2n) is 5.60. The molecule has 1 heterocycles. The van der Waals surface area contributed by atoms with Crippen molar-refractivity contribution in [3.8, 4) is 0 Å². The molecule has 0 spiro atoms. The van der Waals surface area contributed by atoms with Crippen LogP contribution in [0.5, 0.6) is 0 Å². The molecule has 1 amide bonds. The number of benzene rings is 2. The third kappa shape index (κ3) is 3.08. The van der Waals surface area contributed by atoms with Gasteiger partial charge in [-0.25, -0.2) is 9.18 Å². The second-order valence-corrected chi connectivity index (χ2v) is 5.60. The van der Waals surface area contributed by atoms with Crippen LogP contribution < -0.4 is 11.0 Å². The Morgan fingerprint density at radius 1 is 1.08 bits per heavy atom. The minimum atomic E-state index is -0.344. The summed E-state index contributed by atoms with van der Waals surface area (Å²) < 4.78 is 16.7. The van der Waals surface area contributed by atoms with Crippen LogP contribution in [0.3, 0.4) is 0 Å². The van der Waals surface area contributed by atoms with Crippen LogP contribution in [0.4, 0.5) is 4.39 Å². The van der Waals surface area contributed by atoms with Crippen LogP contribution in [0, 0.1) is 5.82 Å². The number of amides is 1. The summed E-state index contributed by atoms with van der Waals surface area (Å²) in [6, 6.07) is 13.8. The smallest absolute Gasteiger partial charge is 0.328 e. The largest absolute Gasteiger partial charge is 0.352 e. The van der Waals surface area contributed by atoms with Gasteiger partial charge in [-0.2, -0.15) is 0 Å². The zero-order chi connectivity index (χ0) is 17.1. The van der Waals surface area contributed by atoms with E-state index >= 15 is 0 Å².